The highest BCUT2D eigenvalue weighted by Crippen LogP contribution is 2.30. The zero-order valence-corrected chi connectivity index (χ0v) is 14.2. The topological polar surface area (TPSA) is 66.5 Å². The van der Waals surface area contributed by atoms with Gasteiger partial charge < -0.3 is 5.32 Å². The molecule has 0 spiro atoms. The van der Waals surface area contributed by atoms with Crippen LogP contribution in [0.15, 0.2) is 16.3 Å². The van der Waals surface area contributed by atoms with E-state index < -0.39 is 34.6 Å². The van der Waals surface area contributed by atoms with Crippen LogP contribution >= 0.6 is 22.9 Å². The van der Waals surface area contributed by atoms with E-state index in [0.29, 0.717) is 4.34 Å². The standard InChI is InChI=1S/C12H14ClF3N2O3S2/c13-9-1-2-10(22-9)23(20,21)18-5-3-8(4-6-18)11(19)17-7-12(14,15)16/h1-2,8H,3-7H2,(H,17,19). The number of alkyl halides is 3. The number of hydrogen-bond donors (Lipinski definition) is 1. The summed E-state index contributed by atoms with van der Waals surface area (Å²) in [5.74, 6) is -1.31. The fourth-order valence-electron chi connectivity index (χ4n) is 2.25. The highest BCUT2D eigenvalue weighted by atomic mass is 35.5. The third-order valence-corrected chi connectivity index (χ3v) is 7.03. The number of nitrogens with zero attached hydrogens (tertiary/aromatic N) is 1. The molecule has 1 aromatic rings. The first kappa shape index (κ1) is 18.5. The van der Waals surface area contributed by atoms with Crippen molar-refractivity contribution in [2.24, 2.45) is 5.92 Å². The van der Waals surface area contributed by atoms with Gasteiger partial charge in [-0.25, -0.2) is 8.42 Å². The molecule has 0 aromatic carbocycles. The van der Waals surface area contributed by atoms with Crippen molar-refractivity contribution in [3.8, 4) is 0 Å². The number of halogens is 4. The van der Waals surface area contributed by atoms with Crippen molar-refractivity contribution < 1.29 is 26.4 Å². The first-order valence-corrected chi connectivity index (χ1v) is 9.33. The minimum atomic E-state index is -4.46. The van der Waals surface area contributed by atoms with Crippen LogP contribution in [0.2, 0.25) is 4.34 Å². The van der Waals surface area contributed by atoms with E-state index in [0.717, 1.165) is 11.3 Å². The van der Waals surface area contributed by atoms with E-state index in [2.05, 4.69) is 0 Å². The van der Waals surface area contributed by atoms with Gasteiger partial charge in [-0.05, 0) is 25.0 Å². The number of hydrogen-bond acceptors (Lipinski definition) is 4. The molecule has 1 aromatic heterocycles. The van der Waals surface area contributed by atoms with Gasteiger partial charge in [0, 0.05) is 19.0 Å². The maximum atomic E-state index is 12.4. The second kappa shape index (κ2) is 6.96. The lowest BCUT2D eigenvalue weighted by atomic mass is 9.97. The van der Waals surface area contributed by atoms with E-state index in [4.69, 9.17) is 11.6 Å². The number of piperidine rings is 1. The minimum Gasteiger partial charge on any atom is -0.347 e. The SMILES string of the molecule is O=C(NCC(F)(F)F)C1CCN(S(=O)(=O)c2ccc(Cl)s2)CC1. The number of carbonyl (C=O) groups excluding carboxylic acids is 1. The van der Waals surface area contributed by atoms with Gasteiger partial charge in [0.2, 0.25) is 5.91 Å². The van der Waals surface area contributed by atoms with E-state index in [1.165, 1.54) is 16.4 Å². The normalized spacial score (nSPS) is 18.1. The molecule has 1 fully saturated rings. The summed E-state index contributed by atoms with van der Waals surface area (Å²) in [5.41, 5.74) is 0. The third-order valence-electron chi connectivity index (χ3n) is 3.43. The molecule has 1 aliphatic rings. The van der Waals surface area contributed by atoms with Gasteiger partial charge in [-0.15, -0.1) is 11.3 Å². The van der Waals surface area contributed by atoms with Crippen LogP contribution in [-0.2, 0) is 14.8 Å². The van der Waals surface area contributed by atoms with Crippen molar-refractivity contribution in [2.75, 3.05) is 19.6 Å². The highest BCUT2D eigenvalue weighted by molar-refractivity contribution is 7.91. The molecule has 11 heteroatoms. The summed E-state index contributed by atoms with van der Waals surface area (Å²) in [6.45, 7) is -1.21. The summed E-state index contributed by atoms with van der Waals surface area (Å²) in [5, 5.41) is 1.83. The van der Waals surface area contributed by atoms with Crippen LogP contribution in [-0.4, -0.2) is 44.4 Å². The largest absolute Gasteiger partial charge is 0.405 e. The molecule has 2 heterocycles. The fourth-order valence-corrected chi connectivity index (χ4v) is 5.36. The van der Waals surface area contributed by atoms with Crippen LogP contribution in [0.25, 0.3) is 0 Å². The van der Waals surface area contributed by atoms with Crippen molar-refractivity contribution in [3.05, 3.63) is 16.5 Å². The molecule has 1 N–H and O–H groups in total. The molecule has 1 aliphatic heterocycles. The van der Waals surface area contributed by atoms with Gasteiger partial charge in [-0.2, -0.15) is 17.5 Å². The van der Waals surface area contributed by atoms with E-state index in [1.54, 1.807) is 0 Å². The number of amides is 1. The quantitative estimate of drug-likeness (QED) is 0.858. The Bertz CT molecular complexity index is 667. The zero-order chi connectivity index (χ0) is 17.3. The van der Waals surface area contributed by atoms with Gasteiger partial charge in [0.15, 0.2) is 0 Å². The molecular weight excluding hydrogens is 377 g/mol. The minimum absolute atomic E-state index is 0.0853. The van der Waals surface area contributed by atoms with Crippen molar-refractivity contribution in [1.29, 1.82) is 0 Å². The van der Waals surface area contributed by atoms with Crippen LogP contribution in [0.5, 0.6) is 0 Å². The summed E-state index contributed by atoms with van der Waals surface area (Å²) < 4.78 is 62.7. The van der Waals surface area contributed by atoms with Crippen molar-refractivity contribution in [2.45, 2.75) is 23.2 Å². The maximum absolute atomic E-state index is 12.4. The zero-order valence-electron chi connectivity index (χ0n) is 11.8. The van der Waals surface area contributed by atoms with Crippen LogP contribution in [0, 0.1) is 5.92 Å². The lowest BCUT2D eigenvalue weighted by Crippen LogP contribution is -2.44. The molecule has 0 saturated carbocycles. The molecule has 5 nitrogen and oxygen atoms in total. The average molecular weight is 391 g/mol. The first-order valence-electron chi connectivity index (χ1n) is 6.69. The third kappa shape index (κ3) is 4.82. The van der Waals surface area contributed by atoms with Crippen molar-refractivity contribution in [1.82, 2.24) is 9.62 Å². The Labute approximate surface area is 140 Å². The number of sulfonamides is 1. The molecule has 130 valence electrons. The van der Waals surface area contributed by atoms with E-state index >= 15 is 0 Å². The van der Waals surface area contributed by atoms with Gasteiger partial charge in [0.05, 0.1) is 4.34 Å². The Hall–Kier alpha value is -0.840. The molecule has 1 amide bonds. The summed E-state index contributed by atoms with van der Waals surface area (Å²) in [6, 6.07) is 2.89. The smallest absolute Gasteiger partial charge is 0.347 e. The Morgan fingerprint density at radius 3 is 2.43 bits per heavy atom. The Kier molecular flexibility index (Phi) is 5.59. The summed E-state index contributed by atoms with van der Waals surface area (Å²) >= 11 is 6.67. The van der Waals surface area contributed by atoms with Crippen LogP contribution in [0.3, 0.4) is 0 Å². The fraction of sp³-hybridized carbons (Fsp3) is 0.583. The van der Waals surface area contributed by atoms with Crippen LogP contribution in [0.4, 0.5) is 13.2 Å². The molecule has 23 heavy (non-hydrogen) atoms. The molecule has 0 aliphatic carbocycles. The van der Waals surface area contributed by atoms with Gasteiger partial charge >= 0.3 is 6.18 Å². The molecule has 0 bridgehead atoms. The second-order valence-electron chi connectivity index (χ2n) is 5.07. The molecule has 1 saturated heterocycles. The molecule has 0 radical (unpaired) electrons. The number of thiophene rings is 1. The monoisotopic (exact) mass is 390 g/mol. The summed E-state index contributed by atoms with van der Waals surface area (Å²) in [4.78, 5) is 11.7. The Balaban J connectivity index is 1.92. The van der Waals surface area contributed by atoms with E-state index in [1.807, 2.05) is 5.32 Å². The van der Waals surface area contributed by atoms with Crippen LogP contribution < -0.4 is 5.32 Å². The van der Waals surface area contributed by atoms with Gasteiger partial charge in [0.1, 0.15) is 10.8 Å². The lowest BCUT2D eigenvalue weighted by molar-refractivity contribution is -0.141. The molecule has 0 unspecified atom stereocenters. The molecule has 2 rings (SSSR count). The average Bonchev–Trinajstić information content (AvgIpc) is 2.91. The number of rotatable bonds is 4. The molecule has 0 atom stereocenters. The highest BCUT2D eigenvalue weighted by Gasteiger charge is 2.34. The summed E-state index contributed by atoms with van der Waals surface area (Å²) in [7, 11) is -3.67. The van der Waals surface area contributed by atoms with Crippen molar-refractivity contribution in [3.63, 3.8) is 0 Å². The van der Waals surface area contributed by atoms with Crippen molar-refractivity contribution >= 4 is 38.9 Å². The van der Waals surface area contributed by atoms with Gasteiger partial charge in [-0.1, -0.05) is 11.6 Å². The second-order valence-corrected chi connectivity index (χ2v) is 8.95. The Morgan fingerprint density at radius 1 is 1.35 bits per heavy atom. The number of carbonyl (C=O) groups is 1. The molecular formula is C12H14ClF3N2O3S2. The van der Waals surface area contributed by atoms with E-state index in [-0.39, 0.29) is 30.1 Å². The van der Waals surface area contributed by atoms with Gasteiger partial charge in [-0.3, -0.25) is 4.79 Å². The predicted octanol–water partition coefficient (Wildman–Crippen LogP) is 2.48. The first-order chi connectivity index (χ1) is 10.6. The summed E-state index contributed by atoms with van der Waals surface area (Å²) in [6.07, 6.45) is -4.10. The van der Waals surface area contributed by atoms with E-state index in [9.17, 15) is 26.4 Å². The number of nitrogens with one attached hydrogen (secondary N) is 1. The maximum Gasteiger partial charge on any atom is 0.405 e. The lowest BCUT2D eigenvalue weighted by Gasteiger charge is -2.30. The predicted molar refractivity (Wildman–Crippen MR) is 79.9 cm³/mol. The van der Waals surface area contributed by atoms with Crippen LogP contribution in [0.1, 0.15) is 12.8 Å². The van der Waals surface area contributed by atoms with Gasteiger partial charge in [0.25, 0.3) is 10.0 Å². The Morgan fingerprint density at radius 2 is 1.96 bits per heavy atom.